The van der Waals surface area contributed by atoms with Crippen molar-refractivity contribution in [3.05, 3.63) is 30.3 Å². The molecule has 0 spiro atoms. The molecule has 0 aliphatic carbocycles. The second-order valence-corrected chi connectivity index (χ2v) is 5.90. The third kappa shape index (κ3) is 8.09. The lowest BCUT2D eigenvalue weighted by Crippen LogP contribution is -2.45. The molecule has 1 atom stereocenters. The lowest BCUT2D eigenvalue weighted by Gasteiger charge is -2.22. The average molecular weight is 323 g/mol. The number of carbonyl (C=O) groups excluding carboxylic acids is 2. The van der Waals surface area contributed by atoms with Crippen LogP contribution in [-0.4, -0.2) is 36.9 Å². The van der Waals surface area contributed by atoms with E-state index in [0.29, 0.717) is 5.75 Å². The van der Waals surface area contributed by atoms with Gasteiger partial charge in [0, 0.05) is 6.42 Å². The first kappa shape index (κ1) is 18.8. The Hall–Kier alpha value is -2.24. The maximum absolute atomic E-state index is 11.9. The molecule has 0 aliphatic heterocycles. The van der Waals surface area contributed by atoms with Crippen molar-refractivity contribution >= 4 is 12.1 Å². The molecule has 128 valence electrons. The van der Waals surface area contributed by atoms with E-state index in [0.717, 1.165) is 0 Å². The van der Waals surface area contributed by atoms with Gasteiger partial charge in [-0.1, -0.05) is 18.2 Å². The maximum Gasteiger partial charge on any atom is 0.408 e. The third-order valence-electron chi connectivity index (χ3n) is 2.68. The van der Waals surface area contributed by atoms with Crippen LogP contribution in [0.5, 0.6) is 5.75 Å². The van der Waals surface area contributed by atoms with E-state index in [1.807, 2.05) is 30.3 Å². The molecule has 1 rings (SSSR count). The Morgan fingerprint density at radius 3 is 2.39 bits per heavy atom. The van der Waals surface area contributed by atoms with Crippen molar-refractivity contribution in [2.24, 2.45) is 0 Å². The van der Waals surface area contributed by atoms with E-state index >= 15 is 0 Å². The van der Waals surface area contributed by atoms with Gasteiger partial charge in [-0.05, 0) is 39.8 Å². The number of benzene rings is 1. The van der Waals surface area contributed by atoms with Gasteiger partial charge in [-0.15, -0.1) is 0 Å². The van der Waals surface area contributed by atoms with Gasteiger partial charge in [0.25, 0.3) is 0 Å². The lowest BCUT2D eigenvalue weighted by atomic mass is 10.2. The summed E-state index contributed by atoms with van der Waals surface area (Å²) in [7, 11) is 0. The standard InChI is InChI=1S/C17H25NO5/c1-5-21-15(19)14(18-16(20)23-17(2,3)4)11-12-22-13-9-7-6-8-10-13/h6-10,14H,5,11-12H2,1-4H3,(H,18,20)/t14-/m0/s1. The quantitative estimate of drug-likeness (QED) is 0.781. The van der Waals surface area contributed by atoms with Crippen molar-refractivity contribution in [3.8, 4) is 5.75 Å². The largest absolute Gasteiger partial charge is 0.494 e. The number of amides is 1. The Kier molecular flexibility index (Phi) is 7.38. The summed E-state index contributed by atoms with van der Waals surface area (Å²) in [6.45, 7) is 7.48. The van der Waals surface area contributed by atoms with Crippen LogP contribution in [0.2, 0.25) is 0 Å². The molecule has 1 aromatic rings. The van der Waals surface area contributed by atoms with Crippen molar-refractivity contribution in [1.29, 1.82) is 0 Å². The highest BCUT2D eigenvalue weighted by Crippen LogP contribution is 2.10. The number of esters is 1. The third-order valence-corrected chi connectivity index (χ3v) is 2.68. The van der Waals surface area contributed by atoms with E-state index in [-0.39, 0.29) is 19.6 Å². The van der Waals surface area contributed by atoms with Crippen LogP contribution < -0.4 is 10.1 Å². The molecule has 0 bridgehead atoms. The van der Waals surface area contributed by atoms with Crippen molar-refractivity contribution in [2.45, 2.75) is 45.8 Å². The summed E-state index contributed by atoms with van der Waals surface area (Å²) in [6, 6.07) is 8.43. The number of para-hydroxylation sites is 1. The number of hydrogen-bond acceptors (Lipinski definition) is 5. The molecule has 1 N–H and O–H groups in total. The van der Waals surface area contributed by atoms with Crippen LogP contribution in [-0.2, 0) is 14.3 Å². The van der Waals surface area contributed by atoms with Crippen LogP contribution in [0.1, 0.15) is 34.1 Å². The molecule has 23 heavy (non-hydrogen) atoms. The maximum atomic E-state index is 11.9. The fourth-order valence-corrected chi connectivity index (χ4v) is 1.75. The van der Waals surface area contributed by atoms with Crippen LogP contribution in [0.15, 0.2) is 30.3 Å². The van der Waals surface area contributed by atoms with Gasteiger partial charge in [0.1, 0.15) is 17.4 Å². The summed E-state index contributed by atoms with van der Waals surface area (Å²) in [5.74, 6) is 0.197. The smallest absolute Gasteiger partial charge is 0.408 e. The minimum absolute atomic E-state index is 0.241. The van der Waals surface area contributed by atoms with Crippen LogP contribution in [0, 0.1) is 0 Å². The predicted molar refractivity (Wildman–Crippen MR) is 86.3 cm³/mol. The zero-order chi connectivity index (χ0) is 17.3. The average Bonchev–Trinajstić information content (AvgIpc) is 2.45. The van der Waals surface area contributed by atoms with Crippen molar-refractivity contribution in [2.75, 3.05) is 13.2 Å². The van der Waals surface area contributed by atoms with Crippen molar-refractivity contribution < 1.29 is 23.8 Å². The highest BCUT2D eigenvalue weighted by molar-refractivity contribution is 5.81. The minimum atomic E-state index is -0.812. The van der Waals surface area contributed by atoms with Crippen LogP contribution in [0.4, 0.5) is 4.79 Å². The molecule has 0 saturated heterocycles. The molecule has 0 aromatic heterocycles. The summed E-state index contributed by atoms with van der Waals surface area (Å²) in [6.07, 6.45) is -0.372. The number of alkyl carbamates (subject to hydrolysis) is 1. The van der Waals surface area contributed by atoms with E-state index in [9.17, 15) is 9.59 Å². The number of hydrogen-bond donors (Lipinski definition) is 1. The topological polar surface area (TPSA) is 73.9 Å². The van der Waals surface area contributed by atoms with Crippen LogP contribution in [0.25, 0.3) is 0 Å². The van der Waals surface area contributed by atoms with Gasteiger partial charge in [0.15, 0.2) is 0 Å². The van der Waals surface area contributed by atoms with Gasteiger partial charge in [0.2, 0.25) is 0 Å². The fraction of sp³-hybridized carbons (Fsp3) is 0.529. The first-order chi connectivity index (χ1) is 10.8. The molecule has 0 unspecified atom stereocenters. The second kappa shape index (κ2) is 9.02. The molecule has 0 radical (unpaired) electrons. The number of nitrogens with one attached hydrogen (secondary N) is 1. The molecule has 1 aromatic carbocycles. The first-order valence-corrected chi connectivity index (χ1v) is 7.66. The van der Waals surface area contributed by atoms with E-state index in [1.165, 1.54) is 0 Å². The summed E-state index contributed by atoms with van der Waals surface area (Å²) >= 11 is 0. The molecule has 0 saturated carbocycles. The number of ether oxygens (including phenoxy) is 3. The van der Waals surface area contributed by atoms with Crippen LogP contribution in [0.3, 0.4) is 0 Å². The van der Waals surface area contributed by atoms with E-state index in [1.54, 1.807) is 27.7 Å². The van der Waals surface area contributed by atoms with E-state index in [2.05, 4.69) is 5.32 Å². The van der Waals surface area contributed by atoms with Gasteiger partial charge in [0.05, 0.1) is 13.2 Å². The molecule has 0 aliphatic rings. The number of rotatable bonds is 7. The van der Waals surface area contributed by atoms with Crippen molar-refractivity contribution in [3.63, 3.8) is 0 Å². The second-order valence-electron chi connectivity index (χ2n) is 5.90. The SMILES string of the molecule is CCOC(=O)[C@H](CCOc1ccccc1)NC(=O)OC(C)(C)C. The Morgan fingerprint density at radius 2 is 1.83 bits per heavy atom. The normalized spacial score (nSPS) is 12.2. The van der Waals surface area contributed by atoms with E-state index in [4.69, 9.17) is 14.2 Å². The molecule has 0 heterocycles. The Morgan fingerprint density at radius 1 is 1.17 bits per heavy atom. The molecule has 6 nitrogen and oxygen atoms in total. The minimum Gasteiger partial charge on any atom is -0.494 e. The fourth-order valence-electron chi connectivity index (χ4n) is 1.75. The van der Waals surface area contributed by atoms with Gasteiger partial charge >= 0.3 is 12.1 Å². The zero-order valence-electron chi connectivity index (χ0n) is 14.1. The highest BCUT2D eigenvalue weighted by Gasteiger charge is 2.25. The summed E-state index contributed by atoms with van der Waals surface area (Å²) in [5.41, 5.74) is -0.635. The molecular weight excluding hydrogens is 298 g/mol. The van der Waals surface area contributed by atoms with Crippen molar-refractivity contribution in [1.82, 2.24) is 5.32 Å². The van der Waals surface area contributed by atoms with Crippen LogP contribution >= 0.6 is 0 Å². The summed E-state index contributed by atoms with van der Waals surface area (Å²) in [5, 5.41) is 2.53. The Labute approximate surface area is 137 Å². The monoisotopic (exact) mass is 323 g/mol. The van der Waals surface area contributed by atoms with Gasteiger partial charge in [-0.2, -0.15) is 0 Å². The Bertz CT molecular complexity index is 495. The summed E-state index contributed by atoms with van der Waals surface area (Å²) < 4.78 is 15.7. The molecule has 0 fully saturated rings. The van der Waals surface area contributed by atoms with Gasteiger partial charge < -0.3 is 19.5 Å². The Balaban J connectivity index is 2.55. The van der Waals surface area contributed by atoms with Gasteiger partial charge in [-0.3, -0.25) is 0 Å². The first-order valence-electron chi connectivity index (χ1n) is 7.66. The predicted octanol–water partition coefficient (Wildman–Crippen LogP) is 2.91. The lowest BCUT2D eigenvalue weighted by molar-refractivity contribution is -0.146. The summed E-state index contributed by atoms with van der Waals surface area (Å²) in [4.78, 5) is 23.8. The van der Waals surface area contributed by atoms with E-state index < -0.39 is 23.7 Å². The molecule has 6 heteroatoms. The van der Waals surface area contributed by atoms with Gasteiger partial charge in [-0.25, -0.2) is 9.59 Å². The molecule has 1 amide bonds. The highest BCUT2D eigenvalue weighted by atomic mass is 16.6. The number of carbonyl (C=O) groups is 2. The zero-order valence-corrected chi connectivity index (χ0v) is 14.1. The molecular formula is C17H25NO5.